The second kappa shape index (κ2) is 10.3. The molecular weight excluding hydrogens is 472 g/mol. The molecule has 5 rings (SSSR count). The van der Waals surface area contributed by atoms with E-state index in [0.717, 1.165) is 60.9 Å². The molecule has 36 heavy (non-hydrogen) atoms. The zero-order valence-electron chi connectivity index (χ0n) is 20.8. The number of nitrogens with one attached hydrogen (secondary N) is 1. The average Bonchev–Trinajstić information content (AvgIpc) is 3.69. The number of nitrogens with zero attached hydrogens (tertiary/aromatic N) is 3. The van der Waals surface area contributed by atoms with Gasteiger partial charge in [-0.2, -0.15) is 9.57 Å². The minimum atomic E-state index is -3.49. The van der Waals surface area contributed by atoms with Gasteiger partial charge >= 0.3 is 0 Å². The number of likely N-dealkylation sites (N-methyl/N-ethyl adjacent to an activating group) is 1. The Kier molecular flexibility index (Phi) is 7.16. The number of nitriles is 1. The van der Waals surface area contributed by atoms with Crippen molar-refractivity contribution in [3.63, 3.8) is 0 Å². The van der Waals surface area contributed by atoms with Gasteiger partial charge in [0.1, 0.15) is 0 Å². The molecule has 2 saturated carbocycles. The summed E-state index contributed by atoms with van der Waals surface area (Å²) in [6, 6.07) is 17.0. The first-order valence-corrected chi connectivity index (χ1v) is 14.4. The Hall–Kier alpha value is -2.73. The van der Waals surface area contributed by atoms with Crippen molar-refractivity contribution < 1.29 is 13.2 Å². The Morgan fingerprint density at radius 1 is 0.972 bits per heavy atom. The lowest BCUT2D eigenvalue weighted by Crippen LogP contribution is -2.46. The van der Waals surface area contributed by atoms with Crippen LogP contribution in [0.1, 0.15) is 37.2 Å². The summed E-state index contributed by atoms with van der Waals surface area (Å²) in [6.45, 7) is 2.80. The maximum atomic E-state index is 13.0. The zero-order chi connectivity index (χ0) is 25.3. The summed E-state index contributed by atoms with van der Waals surface area (Å²) in [6.07, 6.45) is 4.41. The first kappa shape index (κ1) is 24.9. The molecular formula is C28H34N4O3S. The predicted molar refractivity (Wildman–Crippen MR) is 138 cm³/mol. The summed E-state index contributed by atoms with van der Waals surface area (Å²) in [7, 11) is -1.49. The topological polar surface area (TPSA) is 93.5 Å². The molecule has 3 unspecified atom stereocenters. The number of carbonyl (C=O) groups excluding carboxylic acids is 1. The molecule has 1 amide bonds. The van der Waals surface area contributed by atoms with E-state index in [1.165, 1.54) is 6.42 Å². The molecule has 1 saturated heterocycles. The van der Waals surface area contributed by atoms with Gasteiger partial charge in [-0.05, 0) is 73.4 Å². The van der Waals surface area contributed by atoms with Gasteiger partial charge < -0.3 is 10.2 Å². The van der Waals surface area contributed by atoms with Crippen molar-refractivity contribution in [2.45, 2.75) is 36.5 Å². The van der Waals surface area contributed by atoms with E-state index in [2.05, 4.69) is 16.3 Å². The van der Waals surface area contributed by atoms with E-state index in [9.17, 15) is 18.5 Å². The van der Waals surface area contributed by atoms with Crippen molar-refractivity contribution in [2.75, 3.05) is 39.8 Å². The van der Waals surface area contributed by atoms with Gasteiger partial charge in [0.2, 0.25) is 15.9 Å². The molecule has 2 aromatic rings. The van der Waals surface area contributed by atoms with Crippen LogP contribution in [0.5, 0.6) is 0 Å². The van der Waals surface area contributed by atoms with Crippen molar-refractivity contribution in [2.24, 2.45) is 17.8 Å². The van der Waals surface area contributed by atoms with Gasteiger partial charge in [-0.15, -0.1) is 0 Å². The summed E-state index contributed by atoms with van der Waals surface area (Å²) < 4.78 is 27.5. The molecule has 0 radical (unpaired) electrons. The highest BCUT2D eigenvalue weighted by atomic mass is 32.2. The van der Waals surface area contributed by atoms with Crippen LogP contribution in [0, 0.1) is 29.1 Å². The van der Waals surface area contributed by atoms with Crippen LogP contribution in [0.15, 0.2) is 53.4 Å². The van der Waals surface area contributed by atoms with Gasteiger partial charge in [0.15, 0.2) is 0 Å². The van der Waals surface area contributed by atoms with Crippen molar-refractivity contribution in [1.82, 2.24) is 14.5 Å². The van der Waals surface area contributed by atoms with E-state index in [1.807, 2.05) is 43.4 Å². The average molecular weight is 507 g/mol. The van der Waals surface area contributed by atoms with Gasteiger partial charge in [-0.25, -0.2) is 8.42 Å². The van der Waals surface area contributed by atoms with Crippen LogP contribution in [-0.4, -0.2) is 63.3 Å². The molecule has 7 nitrogen and oxygen atoms in total. The van der Waals surface area contributed by atoms with Gasteiger partial charge in [-0.3, -0.25) is 4.79 Å². The first-order valence-electron chi connectivity index (χ1n) is 12.9. The largest absolute Gasteiger partial charge is 0.354 e. The van der Waals surface area contributed by atoms with E-state index in [1.54, 1.807) is 16.4 Å². The standard InChI is InChI=1S/C28H34N4O3S/c1-31-12-14-32(15-13-31)36(34,35)27-10-8-21(9-11-27)20-2-4-22(5-3-20)26(18-29)19-30-28(33)24-7-6-23-16-25(23)17-24/h2-5,8-11,23-26H,6-7,12-17,19H2,1H3,(H,30,33)/t23?,24?,25?,26-/m0/s1. The quantitative estimate of drug-likeness (QED) is 0.621. The molecule has 190 valence electrons. The number of hydrogen-bond acceptors (Lipinski definition) is 5. The maximum Gasteiger partial charge on any atom is 0.243 e. The Morgan fingerprint density at radius 2 is 1.61 bits per heavy atom. The maximum absolute atomic E-state index is 13.0. The number of piperazine rings is 1. The summed E-state index contributed by atoms with van der Waals surface area (Å²) in [5.74, 6) is 1.38. The molecule has 1 heterocycles. The van der Waals surface area contributed by atoms with Crippen LogP contribution in [0.3, 0.4) is 0 Å². The molecule has 8 heteroatoms. The molecule has 1 aliphatic heterocycles. The van der Waals surface area contributed by atoms with Crippen LogP contribution in [0.25, 0.3) is 11.1 Å². The molecule has 0 bridgehead atoms. The van der Waals surface area contributed by atoms with Crippen LogP contribution in [0.2, 0.25) is 0 Å². The van der Waals surface area contributed by atoms with Crippen LogP contribution < -0.4 is 5.32 Å². The number of carbonyl (C=O) groups is 1. The van der Waals surface area contributed by atoms with Gasteiger partial charge in [-0.1, -0.05) is 36.4 Å². The lowest BCUT2D eigenvalue weighted by molar-refractivity contribution is -0.126. The molecule has 0 aromatic heterocycles. The normalized spacial score (nSPS) is 25.4. The van der Waals surface area contributed by atoms with Gasteiger partial charge in [0.05, 0.1) is 16.9 Å². The zero-order valence-corrected chi connectivity index (χ0v) is 21.6. The van der Waals surface area contributed by atoms with Gasteiger partial charge in [0, 0.05) is 38.6 Å². The van der Waals surface area contributed by atoms with Crippen molar-refractivity contribution in [3.8, 4) is 17.2 Å². The third-order valence-corrected chi connectivity index (χ3v) is 10.1. The Labute approximate surface area is 214 Å². The number of sulfonamides is 1. The monoisotopic (exact) mass is 506 g/mol. The number of amides is 1. The van der Waals surface area contributed by atoms with Crippen molar-refractivity contribution >= 4 is 15.9 Å². The highest BCUT2D eigenvalue weighted by Crippen LogP contribution is 2.51. The molecule has 3 aliphatic rings. The Morgan fingerprint density at radius 3 is 2.22 bits per heavy atom. The van der Waals surface area contributed by atoms with Gasteiger partial charge in [0.25, 0.3) is 0 Å². The summed E-state index contributed by atoms with van der Waals surface area (Å²) in [5, 5.41) is 12.7. The third-order valence-electron chi connectivity index (χ3n) is 8.15. The summed E-state index contributed by atoms with van der Waals surface area (Å²) in [5.41, 5.74) is 2.72. The third kappa shape index (κ3) is 5.34. The number of hydrogen-bond donors (Lipinski definition) is 1. The molecule has 4 atom stereocenters. The molecule has 1 N–H and O–H groups in total. The second-order valence-electron chi connectivity index (χ2n) is 10.5. The smallest absolute Gasteiger partial charge is 0.243 e. The van der Waals surface area contributed by atoms with E-state index in [4.69, 9.17) is 0 Å². The minimum Gasteiger partial charge on any atom is -0.354 e. The second-order valence-corrected chi connectivity index (χ2v) is 12.5. The van der Waals surface area contributed by atoms with E-state index < -0.39 is 15.9 Å². The Bertz CT molecular complexity index is 1230. The van der Waals surface area contributed by atoms with Crippen LogP contribution in [-0.2, 0) is 14.8 Å². The molecule has 2 aliphatic carbocycles. The number of rotatable bonds is 7. The van der Waals surface area contributed by atoms with E-state index in [0.29, 0.717) is 24.5 Å². The SMILES string of the molecule is CN1CCN(S(=O)(=O)c2ccc(-c3ccc([C@@H](C#N)CNC(=O)C4CCC5CC5C4)cc3)cc2)CC1. The molecule has 0 spiro atoms. The van der Waals surface area contributed by atoms with Crippen molar-refractivity contribution in [3.05, 3.63) is 54.1 Å². The minimum absolute atomic E-state index is 0.0869. The van der Waals surface area contributed by atoms with E-state index in [-0.39, 0.29) is 11.8 Å². The number of fused-ring (bicyclic) bond motifs is 1. The lowest BCUT2D eigenvalue weighted by atomic mass is 9.88. The first-order chi connectivity index (χ1) is 17.3. The molecule has 2 aromatic carbocycles. The number of benzene rings is 2. The van der Waals surface area contributed by atoms with E-state index >= 15 is 0 Å². The highest BCUT2D eigenvalue weighted by molar-refractivity contribution is 7.89. The fourth-order valence-electron chi connectivity index (χ4n) is 5.58. The highest BCUT2D eigenvalue weighted by Gasteiger charge is 2.43. The summed E-state index contributed by atoms with van der Waals surface area (Å²) >= 11 is 0. The Balaban J connectivity index is 1.20. The van der Waals surface area contributed by atoms with Crippen molar-refractivity contribution in [1.29, 1.82) is 5.26 Å². The van der Waals surface area contributed by atoms with Crippen LogP contribution >= 0.6 is 0 Å². The van der Waals surface area contributed by atoms with Crippen LogP contribution in [0.4, 0.5) is 0 Å². The fraction of sp³-hybridized carbons (Fsp3) is 0.500. The fourth-order valence-corrected chi connectivity index (χ4v) is 7.00. The predicted octanol–water partition coefficient (Wildman–Crippen LogP) is 3.45. The lowest BCUT2D eigenvalue weighted by Gasteiger charge is -2.31. The summed E-state index contributed by atoms with van der Waals surface area (Å²) in [4.78, 5) is 15.0. The molecule has 3 fully saturated rings.